The van der Waals surface area contributed by atoms with E-state index in [0.717, 1.165) is 13.2 Å². The van der Waals surface area contributed by atoms with Gasteiger partial charge in [0.2, 0.25) is 0 Å². The molecule has 0 amide bonds. The summed E-state index contributed by atoms with van der Waals surface area (Å²) in [7, 11) is 0. The average molecular weight is 485 g/mol. The number of hydrogen-bond acceptors (Lipinski definition) is 2. The van der Waals surface area contributed by atoms with Crippen LogP contribution in [-0.2, 0) is 9.47 Å². The van der Waals surface area contributed by atoms with Gasteiger partial charge in [-0.2, -0.15) is 0 Å². The van der Waals surface area contributed by atoms with Gasteiger partial charge in [0.1, 0.15) is 0 Å². The predicted octanol–water partition coefficient (Wildman–Crippen LogP) is 11.4. The van der Waals surface area contributed by atoms with Crippen molar-refractivity contribution >= 4 is 0 Å². The van der Waals surface area contributed by atoms with Crippen molar-refractivity contribution in [2.45, 2.75) is 195 Å². The standard InChI is InChI=1S/C28H58O.C4H10O/c1-5-7-9-11-13-15-17-19-21-23-25-27(3)29-28(4)26-24-22-20-18-16-14-12-10-8-6-2;1-3-5-4-2/h27-28H,5-26H2,1-4H3;3-4H2,1-2H3. The third-order valence-corrected chi connectivity index (χ3v) is 6.80. The maximum atomic E-state index is 6.22. The molecule has 0 rings (SSSR count). The summed E-state index contributed by atoms with van der Waals surface area (Å²) < 4.78 is 11.0. The Balaban J connectivity index is 0. The zero-order valence-electron chi connectivity index (χ0n) is 24.9. The van der Waals surface area contributed by atoms with Gasteiger partial charge in [0, 0.05) is 13.2 Å². The Kier molecular flexibility index (Phi) is 34.9. The Morgan fingerprint density at radius 1 is 0.382 bits per heavy atom. The third kappa shape index (κ3) is 34.1. The summed E-state index contributed by atoms with van der Waals surface area (Å²) in [5, 5.41) is 0. The van der Waals surface area contributed by atoms with Gasteiger partial charge in [-0.25, -0.2) is 0 Å². The molecule has 0 radical (unpaired) electrons. The minimum atomic E-state index is 0.446. The Hall–Kier alpha value is -0.0800. The Bertz CT molecular complexity index is 301. The van der Waals surface area contributed by atoms with E-state index in [1.54, 1.807) is 0 Å². The van der Waals surface area contributed by atoms with Crippen molar-refractivity contribution in [2.24, 2.45) is 0 Å². The van der Waals surface area contributed by atoms with E-state index in [9.17, 15) is 0 Å². The van der Waals surface area contributed by atoms with Crippen LogP contribution in [0.4, 0.5) is 0 Å². The molecule has 0 aliphatic rings. The normalized spacial score (nSPS) is 12.9. The lowest BCUT2D eigenvalue weighted by Crippen LogP contribution is -2.17. The largest absolute Gasteiger partial charge is 0.382 e. The van der Waals surface area contributed by atoms with Gasteiger partial charge in [-0.1, -0.05) is 142 Å². The van der Waals surface area contributed by atoms with Crippen molar-refractivity contribution in [3.8, 4) is 0 Å². The minimum absolute atomic E-state index is 0.446. The fourth-order valence-electron chi connectivity index (χ4n) is 4.58. The molecular weight excluding hydrogens is 416 g/mol. The van der Waals surface area contributed by atoms with E-state index in [-0.39, 0.29) is 0 Å². The minimum Gasteiger partial charge on any atom is -0.382 e. The highest BCUT2D eigenvalue weighted by atomic mass is 16.5. The Morgan fingerprint density at radius 3 is 0.882 bits per heavy atom. The van der Waals surface area contributed by atoms with Crippen LogP contribution >= 0.6 is 0 Å². The van der Waals surface area contributed by atoms with E-state index in [1.807, 2.05) is 13.8 Å². The summed E-state index contributed by atoms with van der Waals surface area (Å²) >= 11 is 0. The molecule has 0 aromatic carbocycles. The molecule has 0 aliphatic carbocycles. The number of ether oxygens (including phenoxy) is 2. The van der Waals surface area contributed by atoms with E-state index in [1.165, 1.54) is 141 Å². The molecule has 0 heterocycles. The highest BCUT2D eigenvalue weighted by Gasteiger charge is 2.08. The lowest BCUT2D eigenvalue weighted by molar-refractivity contribution is -0.00232. The van der Waals surface area contributed by atoms with Crippen LogP contribution < -0.4 is 0 Å². The maximum absolute atomic E-state index is 6.22. The van der Waals surface area contributed by atoms with Crippen LogP contribution in [-0.4, -0.2) is 25.4 Å². The van der Waals surface area contributed by atoms with Crippen LogP contribution in [0.1, 0.15) is 183 Å². The van der Waals surface area contributed by atoms with Crippen molar-refractivity contribution in [3.05, 3.63) is 0 Å². The summed E-state index contributed by atoms with van der Waals surface area (Å²) in [5.41, 5.74) is 0. The first-order chi connectivity index (χ1) is 16.6. The first kappa shape index (κ1) is 36.1. The van der Waals surface area contributed by atoms with E-state index in [2.05, 4.69) is 27.7 Å². The average Bonchev–Trinajstić information content (AvgIpc) is 2.82. The van der Waals surface area contributed by atoms with Gasteiger partial charge >= 0.3 is 0 Å². The summed E-state index contributed by atoms with van der Waals surface area (Å²) in [6.45, 7) is 14.8. The molecule has 0 bridgehead atoms. The van der Waals surface area contributed by atoms with Gasteiger partial charge in [-0.05, 0) is 40.5 Å². The topological polar surface area (TPSA) is 18.5 Å². The molecule has 0 saturated carbocycles. The van der Waals surface area contributed by atoms with Crippen LogP contribution in [0.3, 0.4) is 0 Å². The fraction of sp³-hybridized carbons (Fsp3) is 1.00. The van der Waals surface area contributed by atoms with Gasteiger partial charge in [0.25, 0.3) is 0 Å². The number of hydrogen-bond donors (Lipinski definition) is 0. The van der Waals surface area contributed by atoms with Crippen molar-refractivity contribution in [3.63, 3.8) is 0 Å². The SMILES string of the molecule is CCCCCCCCCCCCC(C)OC(C)CCCCCCCCCCCC.CCOCC. The van der Waals surface area contributed by atoms with Gasteiger partial charge in [0.15, 0.2) is 0 Å². The molecule has 0 aliphatic heterocycles. The van der Waals surface area contributed by atoms with Crippen LogP contribution in [0.25, 0.3) is 0 Å². The number of rotatable bonds is 26. The molecular formula is C32H68O2. The van der Waals surface area contributed by atoms with Crippen LogP contribution in [0.5, 0.6) is 0 Å². The van der Waals surface area contributed by atoms with Gasteiger partial charge in [-0.15, -0.1) is 0 Å². The maximum Gasteiger partial charge on any atom is 0.0550 e. The van der Waals surface area contributed by atoms with Crippen molar-refractivity contribution in [2.75, 3.05) is 13.2 Å². The lowest BCUT2D eigenvalue weighted by Gasteiger charge is -2.19. The molecule has 2 atom stereocenters. The second-order valence-electron chi connectivity index (χ2n) is 10.5. The van der Waals surface area contributed by atoms with Crippen LogP contribution in [0.2, 0.25) is 0 Å². The van der Waals surface area contributed by atoms with E-state index in [4.69, 9.17) is 9.47 Å². The van der Waals surface area contributed by atoms with Gasteiger partial charge in [0.05, 0.1) is 12.2 Å². The smallest absolute Gasteiger partial charge is 0.0550 e. The zero-order chi connectivity index (χ0) is 25.5. The summed E-state index contributed by atoms with van der Waals surface area (Å²) in [6, 6.07) is 0. The van der Waals surface area contributed by atoms with Crippen LogP contribution in [0, 0.1) is 0 Å². The summed E-state index contributed by atoms with van der Waals surface area (Å²) in [6.07, 6.45) is 31.8. The van der Waals surface area contributed by atoms with Gasteiger partial charge < -0.3 is 9.47 Å². The molecule has 0 fully saturated rings. The second kappa shape index (κ2) is 32.9. The van der Waals surface area contributed by atoms with E-state index >= 15 is 0 Å². The monoisotopic (exact) mass is 485 g/mol. The molecule has 0 spiro atoms. The molecule has 2 unspecified atom stereocenters. The highest BCUT2D eigenvalue weighted by Crippen LogP contribution is 2.16. The molecule has 2 nitrogen and oxygen atoms in total. The zero-order valence-corrected chi connectivity index (χ0v) is 24.9. The quantitative estimate of drug-likeness (QED) is 0.114. The predicted molar refractivity (Wildman–Crippen MR) is 155 cm³/mol. The van der Waals surface area contributed by atoms with Gasteiger partial charge in [-0.3, -0.25) is 0 Å². The van der Waals surface area contributed by atoms with Crippen molar-refractivity contribution in [1.29, 1.82) is 0 Å². The Labute approximate surface area is 217 Å². The molecule has 0 aromatic rings. The van der Waals surface area contributed by atoms with E-state index in [0.29, 0.717) is 12.2 Å². The highest BCUT2D eigenvalue weighted by molar-refractivity contribution is 4.58. The Morgan fingerprint density at radius 2 is 0.647 bits per heavy atom. The van der Waals surface area contributed by atoms with E-state index < -0.39 is 0 Å². The first-order valence-electron chi connectivity index (χ1n) is 15.8. The molecule has 0 saturated heterocycles. The fourth-order valence-corrected chi connectivity index (χ4v) is 4.58. The third-order valence-electron chi connectivity index (χ3n) is 6.80. The summed E-state index contributed by atoms with van der Waals surface area (Å²) in [5.74, 6) is 0. The second-order valence-corrected chi connectivity index (χ2v) is 10.5. The first-order valence-corrected chi connectivity index (χ1v) is 15.8. The summed E-state index contributed by atoms with van der Waals surface area (Å²) in [4.78, 5) is 0. The van der Waals surface area contributed by atoms with Crippen molar-refractivity contribution < 1.29 is 9.47 Å². The van der Waals surface area contributed by atoms with Crippen molar-refractivity contribution in [1.82, 2.24) is 0 Å². The molecule has 208 valence electrons. The molecule has 2 heteroatoms. The van der Waals surface area contributed by atoms with Crippen LogP contribution in [0.15, 0.2) is 0 Å². The lowest BCUT2D eigenvalue weighted by atomic mass is 10.0. The molecule has 0 N–H and O–H groups in total. The molecule has 34 heavy (non-hydrogen) atoms. The number of unbranched alkanes of at least 4 members (excludes halogenated alkanes) is 18. The molecule has 0 aromatic heterocycles.